The van der Waals surface area contributed by atoms with Crippen LogP contribution in [0.15, 0.2) is 78.9 Å². The minimum Gasteiger partial charge on any atom is -0.324 e. The Morgan fingerprint density at radius 3 is 2.00 bits per heavy atom. The highest BCUT2D eigenvalue weighted by Gasteiger charge is 2.28. The lowest BCUT2D eigenvalue weighted by atomic mass is 10.0. The van der Waals surface area contributed by atoms with E-state index in [-0.39, 0.29) is 23.0 Å². The maximum absolute atomic E-state index is 13.3. The van der Waals surface area contributed by atoms with Crippen LogP contribution in [0.3, 0.4) is 0 Å². The Labute approximate surface area is 198 Å². The van der Waals surface area contributed by atoms with E-state index in [9.17, 15) is 14.4 Å². The molecular weight excluding hydrogens is 463 g/mol. The third-order valence-corrected chi connectivity index (χ3v) is 5.47. The molecule has 0 atom stereocenters. The van der Waals surface area contributed by atoms with Gasteiger partial charge in [-0.2, -0.15) is 0 Å². The summed E-state index contributed by atoms with van der Waals surface area (Å²) in [4.78, 5) is 39.0. The first-order valence-corrected chi connectivity index (χ1v) is 10.6. The summed E-state index contributed by atoms with van der Waals surface area (Å²) in [5.74, 6) is -1.42. The van der Waals surface area contributed by atoms with Crippen LogP contribution in [0, 0.1) is 0 Å². The van der Waals surface area contributed by atoms with Gasteiger partial charge in [-0.05, 0) is 18.2 Å². The Bertz CT molecular complexity index is 1340. The van der Waals surface area contributed by atoms with Crippen LogP contribution in [0.25, 0.3) is 0 Å². The van der Waals surface area contributed by atoms with Gasteiger partial charge in [0, 0.05) is 16.8 Å². The van der Waals surface area contributed by atoms with Gasteiger partial charge in [-0.1, -0.05) is 89.1 Å². The standard InChI is InChI=1S/C24H16Cl2N4O3/c25-18-12-11-17(13-19(18)26)27-20(31)14-30-22(24(33)16-9-5-2-6-10-16)21(28-29-30)23(32)15-7-3-1-4-8-15/h1-13H,14H2,(H,27,31). The van der Waals surface area contributed by atoms with Crippen molar-refractivity contribution in [2.45, 2.75) is 6.54 Å². The molecule has 1 aromatic heterocycles. The topological polar surface area (TPSA) is 93.9 Å². The zero-order valence-corrected chi connectivity index (χ0v) is 18.5. The van der Waals surface area contributed by atoms with Gasteiger partial charge >= 0.3 is 0 Å². The van der Waals surface area contributed by atoms with Crippen LogP contribution in [0.1, 0.15) is 32.1 Å². The second-order valence-corrected chi connectivity index (χ2v) is 7.83. The van der Waals surface area contributed by atoms with Crippen molar-refractivity contribution in [3.63, 3.8) is 0 Å². The average Bonchev–Trinajstić information content (AvgIpc) is 3.24. The van der Waals surface area contributed by atoms with Crippen LogP contribution in [0.2, 0.25) is 10.0 Å². The number of halogens is 2. The number of hydrogen-bond donors (Lipinski definition) is 1. The molecule has 0 aliphatic rings. The van der Waals surface area contributed by atoms with Crippen LogP contribution in [-0.2, 0) is 11.3 Å². The molecule has 0 saturated heterocycles. The molecule has 0 spiro atoms. The second-order valence-electron chi connectivity index (χ2n) is 7.01. The Kier molecular flexibility index (Phi) is 6.63. The normalized spacial score (nSPS) is 10.6. The Morgan fingerprint density at radius 2 is 1.39 bits per heavy atom. The van der Waals surface area contributed by atoms with Crippen molar-refractivity contribution in [3.05, 3.63) is 111 Å². The maximum atomic E-state index is 13.3. The number of nitrogens with one attached hydrogen (secondary N) is 1. The molecule has 0 aliphatic heterocycles. The first-order chi connectivity index (χ1) is 15.9. The molecule has 4 aromatic rings. The summed E-state index contributed by atoms with van der Waals surface area (Å²) in [6.45, 7) is -0.344. The van der Waals surface area contributed by atoms with Crippen molar-refractivity contribution in [2.75, 3.05) is 5.32 Å². The largest absolute Gasteiger partial charge is 0.324 e. The molecule has 1 N–H and O–H groups in total. The first kappa shape index (κ1) is 22.4. The van der Waals surface area contributed by atoms with E-state index >= 15 is 0 Å². The van der Waals surface area contributed by atoms with Gasteiger partial charge in [-0.3, -0.25) is 14.4 Å². The monoisotopic (exact) mass is 478 g/mol. The summed E-state index contributed by atoms with van der Waals surface area (Å²) in [5, 5.41) is 11.2. The number of ketones is 2. The maximum Gasteiger partial charge on any atom is 0.246 e. The molecule has 33 heavy (non-hydrogen) atoms. The summed E-state index contributed by atoms with van der Waals surface area (Å²) in [5.41, 5.74) is 0.919. The average molecular weight is 479 g/mol. The van der Waals surface area contributed by atoms with Crippen molar-refractivity contribution < 1.29 is 14.4 Å². The summed E-state index contributed by atoms with van der Waals surface area (Å²) in [7, 11) is 0. The molecule has 3 aromatic carbocycles. The molecule has 0 saturated carbocycles. The number of rotatable bonds is 7. The lowest BCUT2D eigenvalue weighted by Gasteiger charge is -2.09. The third-order valence-electron chi connectivity index (χ3n) is 4.73. The third kappa shape index (κ3) is 5.00. The number of carbonyl (C=O) groups excluding carboxylic acids is 3. The Balaban J connectivity index is 1.68. The van der Waals surface area contributed by atoms with E-state index in [0.717, 1.165) is 4.68 Å². The number of nitrogens with zero attached hydrogens (tertiary/aromatic N) is 3. The fourth-order valence-electron chi connectivity index (χ4n) is 3.16. The highest BCUT2D eigenvalue weighted by molar-refractivity contribution is 6.42. The predicted molar refractivity (Wildman–Crippen MR) is 125 cm³/mol. The van der Waals surface area contributed by atoms with Crippen molar-refractivity contribution in [2.24, 2.45) is 0 Å². The molecule has 0 fully saturated rings. The Morgan fingerprint density at radius 1 is 0.788 bits per heavy atom. The number of carbonyl (C=O) groups is 3. The molecular formula is C24H16Cl2N4O3. The first-order valence-electron chi connectivity index (χ1n) is 9.82. The predicted octanol–water partition coefficient (Wildman–Crippen LogP) is 4.69. The zero-order valence-electron chi connectivity index (χ0n) is 17.0. The number of amides is 1. The van der Waals surface area contributed by atoms with E-state index in [0.29, 0.717) is 21.8 Å². The highest BCUT2D eigenvalue weighted by atomic mass is 35.5. The molecule has 7 nitrogen and oxygen atoms in total. The minimum atomic E-state index is -0.487. The van der Waals surface area contributed by atoms with Crippen LogP contribution >= 0.6 is 23.2 Å². The minimum absolute atomic E-state index is 0.0701. The molecule has 0 aliphatic carbocycles. The molecule has 164 valence electrons. The van der Waals surface area contributed by atoms with Crippen molar-refractivity contribution >= 4 is 46.4 Å². The zero-order chi connectivity index (χ0) is 23.4. The van der Waals surface area contributed by atoms with Crippen LogP contribution < -0.4 is 5.32 Å². The summed E-state index contributed by atoms with van der Waals surface area (Å²) < 4.78 is 1.12. The smallest absolute Gasteiger partial charge is 0.246 e. The van der Waals surface area contributed by atoms with E-state index < -0.39 is 17.5 Å². The quantitative estimate of drug-likeness (QED) is 0.389. The second kappa shape index (κ2) is 9.77. The molecule has 1 heterocycles. The SMILES string of the molecule is O=C(Cn1nnc(C(=O)c2ccccc2)c1C(=O)c1ccccc1)Nc1ccc(Cl)c(Cl)c1. The van der Waals surface area contributed by atoms with E-state index in [2.05, 4.69) is 15.6 Å². The number of hydrogen-bond acceptors (Lipinski definition) is 5. The fraction of sp³-hybridized carbons (Fsp3) is 0.0417. The van der Waals surface area contributed by atoms with Crippen LogP contribution in [0.4, 0.5) is 5.69 Å². The molecule has 0 radical (unpaired) electrons. The summed E-state index contributed by atoms with van der Waals surface area (Å²) >= 11 is 11.9. The van der Waals surface area contributed by atoms with E-state index in [1.165, 1.54) is 6.07 Å². The van der Waals surface area contributed by atoms with Gasteiger partial charge < -0.3 is 5.32 Å². The van der Waals surface area contributed by atoms with Crippen LogP contribution in [0.5, 0.6) is 0 Å². The van der Waals surface area contributed by atoms with Gasteiger partial charge in [0.15, 0.2) is 5.69 Å². The van der Waals surface area contributed by atoms with Crippen molar-refractivity contribution in [1.82, 2.24) is 15.0 Å². The highest BCUT2D eigenvalue weighted by Crippen LogP contribution is 2.25. The van der Waals surface area contributed by atoms with Gasteiger partial charge in [0.05, 0.1) is 10.0 Å². The number of anilines is 1. The lowest BCUT2D eigenvalue weighted by molar-refractivity contribution is -0.116. The van der Waals surface area contributed by atoms with Crippen LogP contribution in [-0.4, -0.2) is 32.5 Å². The summed E-state index contributed by atoms with van der Waals surface area (Å²) in [6, 6.07) is 21.5. The van der Waals surface area contributed by atoms with E-state index in [1.807, 2.05) is 0 Å². The van der Waals surface area contributed by atoms with E-state index in [1.54, 1.807) is 72.8 Å². The van der Waals surface area contributed by atoms with Crippen molar-refractivity contribution in [3.8, 4) is 0 Å². The molecule has 0 bridgehead atoms. The lowest BCUT2D eigenvalue weighted by Crippen LogP contribution is -2.23. The molecule has 4 rings (SSSR count). The van der Waals surface area contributed by atoms with Gasteiger partial charge in [-0.25, -0.2) is 4.68 Å². The number of aromatic nitrogens is 3. The fourth-order valence-corrected chi connectivity index (χ4v) is 3.46. The van der Waals surface area contributed by atoms with Gasteiger partial charge in [-0.15, -0.1) is 5.10 Å². The summed E-state index contributed by atoms with van der Waals surface area (Å²) in [6.07, 6.45) is 0. The van der Waals surface area contributed by atoms with E-state index in [4.69, 9.17) is 23.2 Å². The molecule has 9 heteroatoms. The van der Waals surface area contributed by atoms with Gasteiger partial charge in [0.1, 0.15) is 12.2 Å². The molecule has 0 unspecified atom stereocenters. The molecule has 1 amide bonds. The Hall–Kier alpha value is -3.81. The van der Waals surface area contributed by atoms with Gasteiger partial charge in [0.25, 0.3) is 0 Å². The van der Waals surface area contributed by atoms with Gasteiger partial charge in [0.2, 0.25) is 17.5 Å². The van der Waals surface area contributed by atoms with Crippen molar-refractivity contribution in [1.29, 1.82) is 0 Å². The number of benzene rings is 3.